The molecule has 0 atom stereocenters. The number of hydrogen-bond acceptors (Lipinski definition) is 6. The van der Waals surface area contributed by atoms with Gasteiger partial charge < -0.3 is 0 Å². The minimum absolute atomic E-state index is 0.684. The Morgan fingerprint density at radius 1 is 0.500 bits per heavy atom. The van der Waals surface area contributed by atoms with Gasteiger partial charge in [-0.2, -0.15) is 0 Å². The van der Waals surface area contributed by atoms with Crippen LogP contribution in [0.25, 0.3) is 0 Å². The van der Waals surface area contributed by atoms with Crippen LogP contribution in [0.3, 0.4) is 0 Å². The number of carbonyl (C=O) groups is 6. The highest BCUT2D eigenvalue weighted by Crippen LogP contribution is 2.48. The fourth-order valence-electron chi connectivity index (χ4n) is 3.18. The lowest BCUT2D eigenvalue weighted by molar-refractivity contribution is -0.182. The summed E-state index contributed by atoms with van der Waals surface area (Å²) in [6.45, 7) is 2.29. The maximum atomic E-state index is 12.7. The SMILES string of the molecule is CN1C(=O)N(C)C(=O)C(C)(C2(C)C(=O)N(C)C(=O)N(C)C2=O)C1=O. The molecule has 2 saturated heterocycles. The molecule has 2 heterocycles. The molecule has 10 nitrogen and oxygen atoms in total. The van der Waals surface area contributed by atoms with Crippen molar-refractivity contribution in [1.29, 1.82) is 0 Å². The van der Waals surface area contributed by atoms with Crippen LogP contribution in [-0.2, 0) is 19.2 Å². The molecule has 130 valence electrons. The summed E-state index contributed by atoms with van der Waals surface area (Å²) in [5.74, 6) is -3.90. The van der Waals surface area contributed by atoms with Gasteiger partial charge in [0.25, 0.3) is 0 Å². The fourth-order valence-corrected chi connectivity index (χ4v) is 3.18. The van der Waals surface area contributed by atoms with Crippen LogP contribution in [0.4, 0.5) is 9.59 Å². The highest BCUT2D eigenvalue weighted by molar-refractivity contribution is 6.28. The van der Waals surface area contributed by atoms with Crippen molar-refractivity contribution < 1.29 is 28.8 Å². The Morgan fingerprint density at radius 3 is 0.833 bits per heavy atom. The van der Waals surface area contributed by atoms with E-state index in [1.807, 2.05) is 0 Å². The van der Waals surface area contributed by atoms with Crippen molar-refractivity contribution in [2.75, 3.05) is 28.2 Å². The summed E-state index contributed by atoms with van der Waals surface area (Å²) in [5.41, 5.74) is -4.33. The van der Waals surface area contributed by atoms with E-state index in [0.717, 1.165) is 42.0 Å². The zero-order valence-corrected chi connectivity index (χ0v) is 14.2. The average molecular weight is 338 g/mol. The van der Waals surface area contributed by atoms with Crippen molar-refractivity contribution in [2.45, 2.75) is 13.8 Å². The highest BCUT2D eigenvalue weighted by atomic mass is 16.2. The van der Waals surface area contributed by atoms with Crippen molar-refractivity contribution in [3.63, 3.8) is 0 Å². The third kappa shape index (κ3) is 1.65. The second-order valence-electron chi connectivity index (χ2n) is 6.27. The molecule has 0 spiro atoms. The van der Waals surface area contributed by atoms with Crippen molar-refractivity contribution in [2.24, 2.45) is 10.8 Å². The summed E-state index contributed by atoms with van der Waals surface area (Å²) in [6, 6.07) is -1.72. The molecule has 8 amide bonds. The van der Waals surface area contributed by atoms with Crippen LogP contribution in [0.5, 0.6) is 0 Å². The quantitative estimate of drug-likeness (QED) is 0.572. The van der Waals surface area contributed by atoms with E-state index in [-0.39, 0.29) is 0 Å². The normalized spacial score (nSPS) is 24.2. The van der Waals surface area contributed by atoms with E-state index in [1.54, 1.807) is 0 Å². The number of nitrogens with zero attached hydrogens (tertiary/aromatic N) is 4. The van der Waals surface area contributed by atoms with Crippen LogP contribution in [0.15, 0.2) is 0 Å². The zero-order chi connectivity index (χ0) is 18.8. The van der Waals surface area contributed by atoms with E-state index < -0.39 is 46.5 Å². The van der Waals surface area contributed by atoms with Gasteiger partial charge in [-0.3, -0.25) is 38.8 Å². The molecule has 0 aromatic rings. The lowest BCUT2D eigenvalue weighted by Gasteiger charge is -2.50. The Balaban J connectivity index is 2.74. The summed E-state index contributed by atoms with van der Waals surface area (Å²) in [6.07, 6.45) is 0. The molecule has 0 bridgehead atoms. The van der Waals surface area contributed by atoms with Crippen LogP contribution in [-0.4, -0.2) is 83.5 Å². The third-order valence-electron chi connectivity index (χ3n) is 5.08. The second-order valence-corrected chi connectivity index (χ2v) is 6.27. The molecular weight excluding hydrogens is 320 g/mol. The zero-order valence-electron chi connectivity index (χ0n) is 14.2. The van der Waals surface area contributed by atoms with Crippen molar-refractivity contribution in [3.8, 4) is 0 Å². The fraction of sp³-hybridized carbons (Fsp3) is 0.571. The van der Waals surface area contributed by atoms with Crippen molar-refractivity contribution >= 4 is 35.7 Å². The summed E-state index contributed by atoms with van der Waals surface area (Å²) >= 11 is 0. The molecule has 10 heteroatoms. The van der Waals surface area contributed by atoms with Gasteiger partial charge in [-0.25, -0.2) is 9.59 Å². The Kier molecular flexibility index (Phi) is 3.56. The van der Waals surface area contributed by atoms with Gasteiger partial charge >= 0.3 is 12.1 Å². The Hall–Kier alpha value is -2.78. The van der Waals surface area contributed by atoms with E-state index in [9.17, 15) is 28.8 Å². The van der Waals surface area contributed by atoms with Crippen LogP contribution in [0.1, 0.15) is 13.8 Å². The van der Waals surface area contributed by atoms with Crippen LogP contribution in [0.2, 0.25) is 0 Å². The number of urea groups is 2. The summed E-state index contributed by atoms with van der Waals surface area (Å²) in [5, 5.41) is 0. The lowest BCUT2D eigenvalue weighted by Crippen LogP contribution is -2.75. The maximum Gasteiger partial charge on any atom is 0.332 e. The van der Waals surface area contributed by atoms with Crippen LogP contribution >= 0.6 is 0 Å². The first-order valence-electron chi connectivity index (χ1n) is 7.05. The van der Waals surface area contributed by atoms with E-state index in [1.165, 1.54) is 0 Å². The van der Waals surface area contributed by atoms with E-state index in [0.29, 0.717) is 19.6 Å². The minimum atomic E-state index is -2.16. The molecule has 2 rings (SSSR count). The van der Waals surface area contributed by atoms with Gasteiger partial charge in [0, 0.05) is 28.2 Å². The molecule has 2 fully saturated rings. The van der Waals surface area contributed by atoms with Gasteiger partial charge in [0.2, 0.25) is 23.6 Å². The average Bonchev–Trinajstić information content (AvgIpc) is 2.57. The summed E-state index contributed by atoms with van der Waals surface area (Å²) in [4.78, 5) is 77.5. The molecule has 0 unspecified atom stereocenters. The first-order chi connectivity index (χ1) is 10.8. The first-order valence-corrected chi connectivity index (χ1v) is 7.05. The highest BCUT2D eigenvalue weighted by Gasteiger charge is 2.71. The van der Waals surface area contributed by atoms with E-state index in [2.05, 4.69) is 0 Å². The lowest BCUT2D eigenvalue weighted by atomic mass is 9.60. The number of imide groups is 4. The molecule has 0 saturated carbocycles. The Morgan fingerprint density at radius 2 is 0.667 bits per heavy atom. The monoisotopic (exact) mass is 338 g/mol. The molecule has 2 aliphatic rings. The number of rotatable bonds is 1. The molecular formula is C14H18N4O6. The van der Waals surface area contributed by atoms with Gasteiger partial charge in [0.1, 0.15) is 10.8 Å². The molecule has 24 heavy (non-hydrogen) atoms. The third-order valence-corrected chi connectivity index (χ3v) is 5.08. The summed E-state index contributed by atoms with van der Waals surface area (Å²) < 4.78 is 0. The van der Waals surface area contributed by atoms with Crippen LogP contribution < -0.4 is 0 Å². The Bertz CT molecular complexity index is 606. The van der Waals surface area contributed by atoms with Crippen LogP contribution in [0, 0.1) is 10.8 Å². The molecule has 0 radical (unpaired) electrons. The smallest absolute Gasteiger partial charge is 0.273 e. The predicted octanol–water partition coefficient (Wildman–Crippen LogP) is -0.900. The van der Waals surface area contributed by atoms with Gasteiger partial charge in [0.05, 0.1) is 0 Å². The van der Waals surface area contributed by atoms with Gasteiger partial charge in [0.15, 0.2) is 0 Å². The largest absolute Gasteiger partial charge is 0.332 e. The van der Waals surface area contributed by atoms with E-state index >= 15 is 0 Å². The van der Waals surface area contributed by atoms with Gasteiger partial charge in [-0.05, 0) is 13.8 Å². The standard InChI is InChI=1S/C14H18N4O6/c1-13(7(19)15(3)11(23)16(4)8(13)20)14(2)9(21)17(5)12(24)18(6)10(14)22/h1-6H3. The molecule has 0 aromatic carbocycles. The first kappa shape index (κ1) is 17.6. The van der Waals surface area contributed by atoms with Gasteiger partial charge in [-0.1, -0.05) is 0 Å². The molecule has 0 aromatic heterocycles. The molecule has 0 aliphatic carbocycles. The number of barbiturate groups is 2. The van der Waals surface area contributed by atoms with Gasteiger partial charge in [-0.15, -0.1) is 0 Å². The van der Waals surface area contributed by atoms with Crippen molar-refractivity contribution in [3.05, 3.63) is 0 Å². The predicted molar refractivity (Wildman–Crippen MR) is 78.1 cm³/mol. The number of carbonyl (C=O) groups excluding carboxylic acids is 6. The van der Waals surface area contributed by atoms with Crippen molar-refractivity contribution in [1.82, 2.24) is 19.6 Å². The maximum absolute atomic E-state index is 12.7. The number of hydrogen-bond donors (Lipinski definition) is 0. The Labute approximate surface area is 137 Å². The number of amides is 8. The minimum Gasteiger partial charge on any atom is -0.273 e. The second kappa shape index (κ2) is 4.86. The summed E-state index contributed by atoms with van der Waals surface area (Å²) in [7, 11) is 4.63. The molecule has 0 N–H and O–H groups in total. The topological polar surface area (TPSA) is 115 Å². The molecule has 2 aliphatic heterocycles. The van der Waals surface area contributed by atoms with E-state index in [4.69, 9.17) is 0 Å².